The summed E-state index contributed by atoms with van der Waals surface area (Å²) in [6, 6.07) is 2.36. The summed E-state index contributed by atoms with van der Waals surface area (Å²) in [6.45, 7) is 0.809. The van der Waals surface area contributed by atoms with Crippen LogP contribution >= 0.6 is 22.9 Å². The molecule has 0 radical (unpaired) electrons. The van der Waals surface area contributed by atoms with Gasteiger partial charge in [-0.2, -0.15) is 5.26 Å². The van der Waals surface area contributed by atoms with Crippen LogP contribution in [0.1, 0.15) is 24.1 Å². The largest absolute Gasteiger partial charge is 0.376 e. The number of hydrogen-bond donors (Lipinski definition) is 1. The summed E-state index contributed by atoms with van der Waals surface area (Å²) in [5.74, 6) is 0.709. The van der Waals surface area contributed by atoms with Crippen molar-refractivity contribution < 1.29 is 4.74 Å². The van der Waals surface area contributed by atoms with Gasteiger partial charge in [0.1, 0.15) is 10.9 Å². The number of nitrogens with one attached hydrogen (secondary N) is 1. The van der Waals surface area contributed by atoms with E-state index in [9.17, 15) is 0 Å². The van der Waals surface area contributed by atoms with Gasteiger partial charge < -0.3 is 10.1 Å². The van der Waals surface area contributed by atoms with Crippen LogP contribution in [0.25, 0.3) is 0 Å². The van der Waals surface area contributed by atoms with E-state index in [0.717, 1.165) is 18.2 Å². The van der Waals surface area contributed by atoms with Crippen LogP contribution in [-0.2, 0) is 4.74 Å². The van der Waals surface area contributed by atoms with Crippen molar-refractivity contribution >= 4 is 28.1 Å². The van der Waals surface area contributed by atoms with Crippen LogP contribution in [0.5, 0.6) is 0 Å². The molecule has 1 saturated carbocycles. The third-order valence-corrected chi connectivity index (χ3v) is 4.50. The molecule has 2 aliphatic rings. The number of rotatable bonds is 3. The third kappa shape index (κ3) is 2.25. The van der Waals surface area contributed by atoms with Crippen LogP contribution in [-0.4, -0.2) is 23.7 Å². The maximum Gasteiger partial charge on any atom is 0.185 e. The highest BCUT2D eigenvalue weighted by molar-refractivity contribution is 7.16. The Labute approximate surface area is 109 Å². The second-order valence-electron chi connectivity index (χ2n) is 4.46. The van der Waals surface area contributed by atoms with Gasteiger partial charge in [0.05, 0.1) is 12.1 Å². The Hall–Kier alpha value is -0.830. The average molecular weight is 270 g/mol. The molecule has 2 unspecified atom stereocenters. The van der Waals surface area contributed by atoms with E-state index in [1.54, 1.807) is 0 Å². The van der Waals surface area contributed by atoms with Crippen molar-refractivity contribution in [3.63, 3.8) is 0 Å². The number of aromatic nitrogens is 1. The lowest BCUT2D eigenvalue weighted by atomic mass is 10.1. The number of anilines is 1. The molecule has 0 amide bonds. The molecule has 2 heterocycles. The molecule has 1 aromatic rings. The van der Waals surface area contributed by atoms with Crippen molar-refractivity contribution in [2.75, 3.05) is 11.9 Å². The van der Waals surface area contributed by atoms with Gasteiger partial charge >= 0.3 is 0 Å². The molecule has 6 heteroatoms. The molecule has 1 saturated heterocycles. The van der Waals surface area contributed by atoms with Gasteiger partial charge in [-0.3, -0.25) is 0 Å². The highest BCUT2D eigenvalue weighted by atomic mass is 35.5. The predicted molar refractivity (Wildman–Crippen MR) is 66.3 cm³/mol. The minimum atomic E-state index is 0.293. The Morgan fingerprint density at radius 2 is 2.29 bits per heavy atom. The van der Waals surface area contributed by atoms with Gasteiger partial charge in [0.25, 0.3) is 0 Å². The second-order valence-corrected chi connectivity index (χ2v) is 5.82. The van der Waals surface area contributed by atoms with Crippen molar-refractivity contribution in [3.8, 4) is 6.07 Å². The van der Waals surface area contributed by atoms with E-state index in [2.05, 4.69) is 10.3 Å². The average Bonchev–Trinajstić information content (AvgIpc) is 2.96. The van der Waals surface area contributed by atoms with Gasteiger partial charge in [0, 0.05) is 6.61 Å². The molecule has 2 fully saturated rings. The molecule has 1 aliphatic carbocycles. The quantitative estimate of drug-likeness (QED) is 0.916. The van der Waals surface area contributed by atoms with Crippen LogP contribution in [0, 0.1) is 17.2 Å². The fourth-order valence-electron chi connectivity index (χ4n) is 2.25. The summed E-state index contributed by atoms with van der Waals surface area (Å²) in [4.78, 5) is 4.62. The first kappa shape index (κ1) is 11.3. The number of halogens is 1. The Bertz CT molecular complexity index is 466. The molecule has 0 aromatic carbocycles. The van der Waals surface area contributed by atoms with E-state index in [0.29, 0.717) is 28.1 Å². The molecule has 0 spiro atoms. The number of ether oxygens (including phenoxy) is 1. The maximum absolute atomic E-state index is 8.83. The van der Waals surface area contributed by atoms with Crippen LogP contribution in [0.3, 0.4) is 0 Å². The lowest BCUT2D eigenvalue weighted by Crippen LogP contribution is -2.30. The molecule has 1 aliphatic heterocycles. The Morgan fingerprint density at radius 3 is 2.94 bits per heavy atom. The van der Waals surface area contributed by atoms with E-state index in [4.69, 9.17) is 21.6 Å². The van der Waals surface area contributed by atoms with Gasteiger partial charge in [-0.15, -0.1) is 0 Å². The summed E-state index contributed by atoms with van der Waals surface area (Å²) in [6.07, 6.45) is 3.85. The summed E-state index contributed by atoms with van der Waals surface area (Å²) in [5, 5.41) is 13.2. The first-order chi connectivity index (χ1) is 8.28. The van der Waals surface area contributed by atoms with E-state index >= 15 is 0 Å². The lowest BCUT2D eigenvalue weighted by molar-refractivity contribution is 0.0898. The molecular weight excluding hydrogens is 258 g/mol. The van der Waals surface area contributed by atoms with Crippen molar-refractivity contribution in [3.05, 3.63) is 10.0 Å². The lowest BCUT2D eigenvalue weighted by Gasteiger charge is -2.18. The number of hydrogen-bond acceptors (Lipinski definition) is 5. The van der Waals surface area contributed by atoms with Gasteiger partial charge in [-0.05, 0) is 25.2 Å². The number of thiazole rings is 1. The molecule has 17 heavy (non-hydrogen) atoms. The SMILES string of the molecule is N#Cc1sc(NC2CCOC2C2CC2)nc1Cl. The predicted octanol–water partition coefficient (Wildman–Crippen LogP) is 2.65. The first-order valence-corrected chi connectivity index (χ1v) is 6.92. The van der Waals surface area contributed by atoms with Crippen LogP contribution < -0.4 is 5.32 Å². The Balaban J connectivity index is 1.71. The minimum absolute atomic E-state index is 0.293. The van der Waals surface area contributed by atoms with Crippen molar-refractivity contribution in [2.45, 2.75) is 31.4 Å². The number of nitrogens with zero attached hydrogens (tertiary/aromatic N) is 2. The molecular formula is C11H12ClN3OS. The van der Waals surface area contributed by atoms with Gasteiger partial charge in [-0.25, -0.2) is 4.98 Å². The molecule has 3 rings (SSSR count). The molecule has 0 bridgehead atoms. The fourth-order valence-corrected chi connectivity index (χ4v) is 3.25. The van der Waals surface area contributed by atoms with Crippen molar-refractivity contribution in [1.82, 2.24) is 4.98 Å². The molecule has 1 N–H and O–H groups in total. The summed E-state index contributed by atoms with van der Waals surface area (Å²) >= 11 is 7.16. The van der Waals surface area contributed by atoms with Gasteiger partial charge in [0.15, 0.2) is 10.3 Å². The van der Waals surface area contributed by atoms with E-state index in [1.165, 1.54) is 24.2 Å². The fraction of sp³-hybridized carbons (Fsp3) is 0.636. The number of nitriles is 1. The second kappa shape index (κ2) is 4.45. The molecule has 2 atom stereocenters. The first-order valence-electron chi connectivity index (χ1n) is 5.72. The third-order valence-electron chi connectivity index (χ3n) is 3.22. The van der Waals surface area contributed by atoms with Crippen LogP contribution in [0.15, 0.2) is 0 Å². The topological polar surface area (TPSA) is 57.9 Å². The Kier molecular flexibility index (Phi) is 2.95. The zero-order valence-electron chi connectivity index (χ0n) is 9.15. The maximum atomic E-state index is 8.83. The van der Waals surface area contributed by atoms with Gasteiger partial charge in [-0.1, -0.05) is 22.9 Å². The van der Waals surface area contributed by atoms with Crippen LogP contribution in [0.4, 0.5) is 5.13 Å². The smallest absolute Gasteiger partial charge is 0.185 e. The summed E-state index contributed by atoms with van der Waals surface area (Å²) in [5.41, 5.74) is 0. The highest BCUT2D eigenvalue weighted by Gasteiger charge is 2.40. The molecule has 4 nitrogen and oxygen atoms in total. The minimum Gasteiger partial charge on any atom is -0.376 e. The molecule has 1 aromatic heterocycles. The normalized spacial score (nSPS) is 28.0. The van der Waals surface area contributed by atoms with Crippen molar-refractivity contribution in [2.24, 2.45) is 5.92 Å². The van der Waals surface area contributed by atoms with E-state index in [-0.39, 0.29) is 0 Å². The van der Waals surface area contributed by atoms with Crippen molar-refractivity contribution in [1.29, 1.82) is 5.26 Å². The zero-order valence-corrected chi connectivity index (χ0v) is 10.7. The van der Waals surface area contributed by atoms with Gasteiger partial charge in [0.2, 0.25) is 0 Å². The monoisotopic (exact) mass is 269 g/mol. The standard InChI is InChI=1S/C11H12ClN3OS/c12-10-8(5-13)17-11(15-10)14-7-3-4-16-9(7)6-1-2-6/h6-7,9H,1-4H2,(H,14,15). The van der Waals surface area contributed by atoms with E-state index in [1.807, 2.05) is 6.07 Å². The summed E-state index contributed by atoms with van der Waals surface area (Å²) < 4.78 is 5.74. The van der Waals surface area contributed by atoms with Crippen LogP contribution in [0.2, 0.25) is 5.15 Å². The highest BCUT2D eigenvalue weighted by Crippen LogP contribution is 2.40. The molecule has 90 valence electrons. The summed E-state index contributed by atoms with van der Waals surface area (Å²) in [7, 11) is 0. The Morgan fingerprint density at radius 1 is 1.47 bits per heavy atom. The zero-order chi connectivity index (χ0) is 11.8. The van der Waals surface area contributed by atoms with E-state index < -0.39 is 0 Å².